The van der Waals surface area contributed by atoms with Crippen molar-refractivity contribution >= 4 is 17.3 Å². The minimum absolute atomic E-state index is 0.278. The molecule has 1 saturated heterocycles. The van der Waals surface area contributed by atoms with Gasteiger partial charge in [-0.2, -0.15) is 5.26 Å². The Kier molecular flexibility index (Phi) is 4.11. The lowest BCUT2D eigenvalue weighted by atomic mass is 9.99. The van der Waals surface area contributed by atoms with Gasteiger partial charge in [0.2, 0.25) is 0 Å². The molecule has 2 unspecified atom stereocenters. The summed E-state index contributed by atoms with van der Waals surface area (Å²) in [6, 6.07) is 7.91. The maximum atomic E-state index is 8.83. The highest BCUT2D eigenvalue weighted by atomic mass is 35.5. The van der Waals surface area contributed by atoms with E-state index in [9.17, 15) is 0 Å². The third-order valence-corrected chi connectivity index (χ3v) is 3.47. The zero-order chi connectivity index (χ0) is 13.1. The molecule has 0 aromatic heterocycles. The maximum absolute atomic E-state index is 8.83. The Balaban J connectivity index is 2.05. The first-order valence-corrected chi connectivity index (χ1v) is 6.58. The van der Waals surface area contributed by atoms with Crippen molar-refractivity contribution in [2.75, 3.05) is 5.32 Å². The molecule has 1 aliphatic rings. The van der Waals surface area contributed by atoms with Crippen LogP contribution >= 0.6 is 11.6 Å². The van der Waals surface area contributed by atoms with Gasteiger partial charge in [-0.15, -0.1) is 0 Å². The number of ether oxygens (including phenoxy) is 1. The highest BCUT2D eigenvalue weighted by molar-refractivity contribution is 6.32. The molecule has 1 aliphatic heterocycles. The first-order valence-electron chi connectivity index (χ1n) is 6.20. The van der Waals surface area contributed by atoms with Gasteiger partial charge in [-0.25, -0.2) is 0 Å². The van der Waals surface area contributed by atoms with Gasteiger partial charge in [0.25, 0.3) is 0 Å². The lowest BCUT2D eigenvalue weighted by Gasteiger charge is -2.33. The highest BCUT2D eigenvalue weighted by Crippen LogP contribution is 2.25. The van der Waals surface area contributed by atoms with E-state index in [-0.39, 0.29) is 12.2 Å². The minimum Gasteiger partial charge on any atom is -0.382 e. The van der Waals surface area contributed by atoms with Crippen molar-refractivity contribution in [3.05, 3.63) is 28.8 Å². The van der Waals surface area contributed by atoms with Crippen LogP contribution in [0.1, 0.15) is 32.3 Å². The SMILES string of the molecule is CC1CC(Nc2ccc(C#N)c(Cl)c2)CC(C)O1. The maximum Gasteiger partial charge on any atom is 0.101 e. The second-order valence-electron chi connectivity index (χ2n) is 4.88. The van der Waals surface area contributed by atoms with Crippen molar-refractivity contribution < 1.29 is 4.74 Å². The molecule has 3 nitrogen and oxygen atoms in total. The molecule has 0 saturated carbocycles. The van der Waals surface area contributed by atoms with Crippen molar-refractivity contribution in [2.24, 2.45) is 0 Å². The normalized spacial score (nSPS) is 27.6. The van der Waals surface area contributed by atoms with Gasteiger partial charge in [0, 0.05) is 11.7 Å². The molecule has 1 aromatic rings. The van der Waals surface area contributed by atoms with Crippen LogP contribution in [0.4, 0.5) is 5.69 Å². The van der Waals surface area contributed by atoms with Gasteiger partial charge in [-0.3, -0.25) is 0 Å². The Labute approximate surface area is 113 Å². The fourth-order valence-electron chi connectivity index (χ4n) is 2.45. The molecule has 0 bridgehead atoms. The molecule has 2 atom stereocenters. The van der Waals surface area contributed by atoms with E-state index in [1.54, 1.807) is 6.07 Å². The third kappa shape index (κ3) is 3.16. The predicted octanol–water partition coefficient (Wildman–Crippen LogP) is 3.58. The number of hydrogen-bond acceptors (Lipinski definition) is 3. The number of hydrogen-bond donors (Lipinski definition) is 1. The zero-order valence-corrected chi connectivity index (χ0v) is 11.4. The molecule has 0 aliphatic carbocycles. The van der Waals surface area contributed by atoms with Gasteiger partial charge in [0.05, 0.1) is 22.8 Å². The monoisotopic (exact) mass is 264 g/mol. The van der Waals surface area contributed by atoms with Gasteiger partial charge < -0.3 is 10.1 Å². The predicted molar refractivity (Wildman–Crippen MR) is 72.8 cm³/mol. The second kappa shape index (κ2) is 5.60. The van der Waals surface area contributed by atoms with Crippen molar-refractivity contribution in [1.82, 2.24) is 0 Å². The van der Waals surface area contributed by atoms with E-state index < -0.39 is 0 Å². The smallest absolute Gasteiger partial charge is 0.101 e. The van der Waals surface area contributed by atoms with Crippen LogP contribution in [0.3, 0.4) is 0 Å². The molecule has 0 spiro atoms. The summed E-state index contributed by atoms with van der Waals surface area (Å²) in [7, 11) is 0. The number of nitriles is 1. The fourth-order valence-corrected chi connectivity index (χ4v) is 2.68. The summed E-state index contributed by atoms with van der Waals surface area (Å²) in [6.07, 6.45) is 2.53. The van der Waals surface area contributed by atoms with Gasteiger partial charge in [-0.05, 0) is 44.9 Å². The second-order valence-corrected chi connectivity index (χ2v) is 5.28. The lowest BCUT2D eigenvalue weighted by molar-refractivity contribution is -0.0337. The van der Waals surface area contributed by atoms with E-state index in [0.717, 1.165) is 18.5 Å². The van der Waals surface area contributed by atoms with E-state index >= 15 is 0 Å². The largest absolute Gasteiger partial charge is 0.382 e. The Morgan fingerprint density at radius 2 is 2.00 bits per heavy atom. The molecule has 0 amide bonds. The van der Waals surface area contributed by atoms with Crippen molar-refractivity contribution in [2.45, 2.75) is 44.9 Å². The van der Waals surface area contributed by atoms with Gasteiger partial charge >= 0.3 is 0 Å². The summed E-state index contributed by atoms with van der Waals surface area (Å²) in [5.41, 5.74) is 1.47. The van der Waals surface area contributed by atoms with E-state index in [1.165, 1.54) is 0 Å². The van der Waals surface area contributed by atoms with Crippen LogP contribution in [0.15, 0.2) is 18.2 Å². The summed E-state index contributed by atoms with van der Waals surface area (Å²) in [6.45, 7) is 4.19. The van der Waals surface area contributed by atoms with Crippen LogP contribution < -0.4 is 5.32 Å². The molecular formula is C14H17ClN2O. The first kappa shape index (κ1) is 13.2. The topological polar surface area (TPSA) is 45.0 Å². The van der Waals surface area contributed by atoms with Crippen LogP contribution in [0.5, 0.6) is 0 Å². The van der Waals surface area contributed by atoms with Crippen molar-refractivity contribution in [1.29, 1.82) is 5.26 Å². The van der Waals surface area contributed by atoms with Gasteiger partial charge in [0.15, 0.2) is 0 Å². The van der Waals surface area contributed by atoms with Gasteiger partial charge in [-0.1, -0.05) is 11.6 Å². The number of halogens is 1. The van der Waals surface area contributed by atoms with Crippen molar-refractivity contribution in [3.63, 3.8) is 0 Å². The summed E-state index contributed by atoms with van der Waals surface area (Å²) in [5, 5.41) is 12.8. The molecule has 4 heteroatoms. The zero-order valence-electron chi connectivity index (χ0n) is 10.6. The molecule has 0 radical (unpaired) electrons. The molecule has 1 fully saturated rings. The first-order chi connectivity index (χ1) is 8.58. The Morgan fingerprint density at radius 3 is 2.56 bits per heavy atom. The van der Waals surface area contributed by atoms with Crippen LogP contribution in [0, 0.1) is 11.3 Å². The Bertz CT molecular complexity index is 459. The van der Waals surface area contributed by atoms with Crippen LogP contribution in [-0.2, 0) is 4.74 Å². The fraction of sp³-hybridized carbons (Fsp3) is 0.500. The number of anilines is 1. The van der Waals surface area contributed by atoms with Crippen molar-refractivity contribution in [3.8, 4) is 6.07 Å². The standard InChI is InChI=1S/C14H17ClN2O/c1-9-5-13(6-10(2)18-9)17-12-4-3-11(8-16)14(15)7-12/h3-4,7,9-10,13,17H,5-6H2,1-2H3. The van der Waals surface area contributed by atoms with E-state index in [1.807, 2.05) is 12.1 Å². The summed E-state index contributed by atoms with van der Waals surface area (Å²) < 4.78 is 5.71. The van der Waals surface area contributed by atoms with E-state index in [2.05, 4.69) is 25.2 Å². The quantitative estimate of drug-likeness (QED) is 0.888. The minimum atomic E-state index is 0.278. The number of benzene rings is 1. The molecular weight excluding hydrogens is 248 g/mol. The van der Waals surface area contributed by atoms with Crippen LogP contribution in [-0.4, -0.2) is 18.2 Å². The molecule has 18 heavy (non-hydrogen) atoms. The number of rotatable bonds is 2. The Morgan fingerprint density at radius 1 is 1.33 bits per heavy atom. The summed E-state index contributed by atoms with van der Waals surface area (Å²) in [5.74, 6) is 0. The summed E-state index contributed by atoms with van der Waals surface area (Å²) in [4.78, 5) is 0. The molecule has 1 N–H and O–H groups in total. The highest BCUT2D eigenvalue weighted by Gasteiger charge is 2.24. The van der Waals surface area contributed by atoms with Crippen LogP contribution in [0.25, 0.3) is 0 Å². The molecule has 96 valence electrons. The number of nitrogens with zero attached hydrogens (tertiary/aromatic N) is 1. The lowest BCUT2D eigenvalue weighted by Crippen LogP contribution is -2.36. The average molecular weight is 265 g/mol. The van der Waals surface area contributed by atoms with Crippen LogP contribution in [0.2, 0.25) is 5.02 Å². The van der Waals surface area contributed by atoms with Gasteiger partial charge in [0.1, 0.15) is 6.07 Å². The van der Waals surface area contributed by atoms with E-state index in [0.29, 0.717) is 16.6 Å². The Hall–Kier alpha value is -1.24. The number of nitrogens with one attached hydrogen (secondary N) is 1. The average Bonchev–Trinajstić information content (AvgIpc) is 2.27. The summed E-state index contributed by atoms with van der Waals surface area (Å²) >= 11 is 6.02. The third-order valence-electron chi connectivity index (χ3n) is 3.16. The van der Waals surface area contributed by atoms with E-state index in [4.69, 9.17) is 21.6 Å². The molecule has 1 heterocycles. The molecule has 2 rings (SSSR count). The molecule has 1 aromatic carbocycles.